The van der Waals surface area contributed by atoms with Crippen molar-refractivity contribution in [3.63, 3.8) is 0 Å². The Kier molecular flexibility index (Phi) is 1.29. The number of hydrogen-bond donors (Lipinski definition) is 0. The van der Waals surface area contributed by atoms with Gasteiger partial charge in [-0.3, -0.25) is 4.79 Å². The van der Waals surface area contributed by atoms with Gasteiger partial charge in [-0.2, -0.15) is 0 Å². The fourth-order valence-electron chi connectivity index (χ4n) is 2.13. The van der Waals surface area contributed by atoms with Crippen molar-refractivity contribution in [3.8, 4) is 5.75 Å². The van der Waals surface area contributed by atoms with Crippen LogP contribution in [0.25, 0.3) is 0 Å². The second-order valence-corrected chi connectivity index (χ2v) is 3.64. The Bertz CT molecular complexity index is 393. The van der Waals surface area contributed by atoms with Gasteiger partial charge in [0.25, 0.3) is 0 Å². The van der Waals surface area contributed by atoms with E-state index in [0.29, 0.717) is 6.42 Å². The number of Topliss-reactive ketones (excluding diaryl/α,β-unsaturated/α-hetero) is 1. The Morgan fingerprint density at radius 2 is 2.00 bits per heavy atom. The van der Waals surface area contributed by atoms with Gasteiger partial charge in [0.2, 0.25) is 0 Å². The Balaban J connectivity index is 2.22. The number of hydrogen-bond acceptors (Lipinski definition) is 2. The van der Waals surface area contributed by atoms with E-state index in [0.717, 1.165) is 30.8 Å². The molecular formula is C11H10O2. The molecule has 0 spiro atoms. The fourth-order valence-corrected chi connectivity index (χ4v) is 2.13. The van der Waals surface area contributed by atoms with Gasteiger partial charge in [-0.25, -0.2) is 0 Å². The lowest BCUT2D eigenvalue weighted by molar-refractivity contribution is 0.0994. The molecule has 0 saturated carbocycles. The third kappa shape index (κ3) is 0.916. The van der Waals surface area contributed by atoms with Crippen molar-refractivity contribution in [3.05, 3.63) is 28.8 Å². The summed E-state index contributed by atoms with van der Waals surface area (Å²) < 4.78 is 5.42. The molecule has 0 radical (unpaired) electrons. The van der Waals surface area contributed by atoms with E-state index in [2.05, 4.69) is 6.07 Å². The average molecular weight is 174 g/mol. The van der Waals surface area contributed by atoms with Crippen molar-refractivity contribution in [2.24, 2.45) is 0 Å². The first-order chi connectivity index (χ1) is 6.34. The largest absolute Gasteiger partial charge is 0.493 e. The molecule has 0 bridgehead atoms. The number of ether oxygens (including phenoxy) is 1. The zero-order chi connectivity index (χ0) is 8.84. The van der Waals surface area contributed by atoms with Crippen LogP contribution in [0.1, 0.15) is 27.9 Å². The SMILES string of the molecule is O=C1CCc2cc3c(cc21)OCC3. The van der Waals surface area contributed by atoms with E-state index >= 15 is 0 Å². The zero-order valence-electron chi connectivity index (χ0n) is 7.30. The lowest BCUT2D eigenvalue weighted by Crippen LogP contribution is -1.92. The van der Waals surface area contributed by atoms with Crippen molar-refractivity contribution < 1.29 is 9.53 Å². The highest BCUT2D eigenvalue weighted by Gasteiger charge is 2.23. The maximum Gasteiger partial charge on any atom is 0.163 e. The summed E-state index contributed by atoms with van der Waals surface area (Å²) in [4.78, 5) is 11.4. The Morgan fingerprint density at radius 3 is 2.92 bits per heavy atom. The molecule has 2 nitrogen and oxygen atoms in total. The Morgan fingerprint density at radius 1 is 1.08 bits per heavy atom. The van der Waals surface area contributed by atoms with Crippen molar-refractivity contribution >= 4 is 5.78 Å². The molecule has 66 valence electrons. The molecule has 0 amide bonds. The predicted octanol–water partition coefficient (Wildman–Crippen LogP) is 1.75. The van der Waals surface area contributed by atoms with Crippen molar-refractivity contribution in [1.29, 1.82) is 0 Å². The summed E-state index contributed by atoms with van der Waals surface area (Å²) in [6, 6.07) is 4.07. The van der Waals surface area contributed by atoms with Crippen molar-refractivity contribution in [2.45, 2.75) is 19.3 Å². The van der Waals surface area contributed by atoms with Crippen LogP contribution in [-0.4, -0.2) is 12.4 Å². The van der Waals surface area contributed by atoms with Crippen LogP contribution >= 0.6 is 0 Å². The van der Waals surface area contributed by atoms with Gasteiger partial charge in [0.15, 0.2) is 5.78 Å². The summed E-state index contributed by atoms with van der Waals surface area (Å²) in [7, 11) is 0. The molecule has 1 aromatic rings. The molecule has 1 aromatic carbocycles. The minimum atomic E-state index is 0.272. The molecule has 2 heteroatoms. The number of ketones is 1. The average Bonchev–Trinajstić information content (AvgIpc) is 2.70. The second kappa shape index (κ2) is 2.34. The number of benzene rings is 1. The molecule has 0 saturated heterocycles. The first-order valence-electron chi connectivity index (χ1n) is 4.66. The quantitative estimate of drug-likeness (QED) is 0.599. The molecule has 3 rings (SSSR count). The van der Waals surface area contributed by atoms with Gasteiger partial charge in [0, 0.05) is 18.4 Å². The van der Waals surface area contributed by atoms with Crippen LogP contribution in [-0.2, 0) is 12.8 Å². The van der Waals surface area contributed by atoms with Crippen LogP contribution in [0.15, 0.2) is 12.1 Å². The molecular weight excluding hydrogens is 164 g/mol. The molecule has 1 heterocycles. The third-order valence-corrected chi connectivity index (χ3v) is 2.84. The van der Waals surface area contributed by atoms with Crippen LogP contribution in [0.4, 0.5) is 0 Å². The lowest BCUT2D eigenvalue weighted by Gasteiger charge is -2.02. The first kappa shape index (κ1) is 7.13. The molecule has 2 aliphatic rings. The number of carbonyl (C=O) groups excluding carboxylic acids is 1. The maximum absolute atomic E-state index is 11.4. The summed E-state index contributed by atoms with van der Waals surface area (Å²) >= 11 is 0. The molecule has 0 atom stereocenters. The van der Waals surface area contributed by atoms with E-state index in [1.54, 1.807) is 0 Å². The van der Waals surface area contributed by atoms with Crippen LogP contribution in [0.3, 0.4) is 0 Å². The van der Waals surface area contributed by atoms with Gasteiger partial charge in [-0.1, -0.05) is 6.07 Å². The lowest BCUT2D eigenvalue weighted by atomic mass is 10.0. The number of aryl methyl sites for hydroxylation is 1. The molecule has 0 aromatic heterocycles. The summed E-state index contributed by atoms with van der Waals surface area (Å²) in [5, 5.41) is 0. The third-order valence-electron chi connectivity index (χ3n) is 2.84. The molecule has 0 N–H and O–H groups in total. The second-order valence-electron chi connectivity index (χ2n) is 3.64. The normalized spacial score (nSPS) is 18.3. The van der Waals surface area contributed by atoms with Crippen LogP contribution in [0, 0.1) is 0 Å². The summed E-state index contributed by atoms with van der Waals surface area (Å²) in [6.45, 7) is 0.770. The number of carbonyl (C=O) groups is 1. The Labute approximate surface area is 76.5 Å². The van der Waals surface area contributed by atoms with Gasteiger partial charge >= 0.3 is 0 Å². The van der Waals surface area contributed by atoms with Gasteiger partial charge in [0.1, 0.15) is 5.75 Å². The van der Waals surface area contributed by atoms with Gasteiger partial charge in [-0.05, 0) is 23.6 Å². The van der Waals surface area contributed by atoms with E-state index in [4.69, 9.17) is 4.74 Å². The van der Waals surface area contributed by atoms with Crippen molar-refractivity contribution in [2.75, 3.05) is 6.61 Å². The van der Waals surface area contributed by atoms with Gasteiger partial charge in [-0.15, -0.1) is 0 Å². The zero-order valence-corrected chi connectivity index (χ0v) is 7.30. The highest BCUT2D eigenvalue weighted by Crippen LogP contribution is 2.32. The smallest absolute Gasteiger partial charge is 0.163 e. The molecule has 1 aliphatic heterocycles. The van der Waals surface area contributed by atoms with Crippen LogP contribution in [0.2, 0.25) is 0 Å². The van der Waals surface area contributed by atoms with E-state index < -0.39 is 0 Å². The summed E-state index contributed by atoms with van der Waals surface area (Å²) in [5.74, 6) is 1.20. The highest BCUT2D eigenvalue weighted by molar-refractivity contribution is 6.00. The van der Waals surface area contributed by atoms with E-state index in [9.17, 15) is 4.79 Å². The monoisotopic (exact) mass is 174 g/mol. The number of fused-ring (bicyclic) bond motifs is 2. The standard InChI is InChI=1S/C11H10O2/c12-10-2-1-7-5-8-3-4-13-11(8)6-9(7)10/h5-6H,1-4H2. The van der Waals surface area contributed by atoms with E-state index in [1.165, 1.54) is 11.1 Å². The highest BCUT2D eigenvalue weighted by atomic mass is 16.5. The molecule has 0 unspecified atom stereocenters. The number of rotatable bonds is 0. The topological polar surface area (TPSA) is 26.3 Å². The van der Waals surface area contributed by atoms with E-state index in [1.807, 2.05) is 6.07 Å². The molecule has 0 fully saturated rings. The predicted molar refractivity (Wildman–Crippen MR) is 48.3 cm³/mol. The Hall–Kier alpha value is -1.31. The minimum Gasteiger partial charge on any atom is -0.493 e. The molecule has 1 aliphatic carbocycles. The maximum atomic E-state index is 11.4. The van der Waals surface area contributed by atoms with Crippen LogP contribution < -0.4 is 4.74 Å². The van der Waals surface area contributed by atoms with Crippen LogP contribution in [0.5, 0.6) is 5.75 Å². The minimum absolute atomic E-state index is 0.272. The van der Waals surface area contributed by atoms with Crippen molar-refractivity contribution in [1.82, 2.24) is 0 Å². The fraction of sp³-hybridized carbons (Fsp3) is 0.364. The van der Waals surface area contributed by atoms with Gasteiger partial charge < -0.3 is 4.74 Å². The molecule has 13 heavy (non-hydrogen) atoms. The summed E-state index contributed by atoms with van der Waals surface area (Å²) in [5.41, 5.74) is 3.38. The summed E-state index contributed by atoms with van der Waals surface area (Å²) in [6.07, 6.45) is 2.59. The van der Waals surface area contributed by atoms with Gasteiger partial charge in [0.05, 0.1) is 6.61 Å². The van der Waals surface area contributed by atoms with E-state index in [-0.39, 0.29) is 5.78 Å². The first-order valence-corrected chi connectivity index (χ1v) is 4.66.